The third-order valence-corrected chi connectivity index (χ3v) is 5.39. The smallest absolute Gasteiger partial charge is 0.201 e. The van der Waals surface area contributed by atoms with Crippen LogP contribution in [0.25, 0.3) is 11.1 Å². The monoisotopic (exact) mass is 356 g/mol. The highest BCUT2D eigenvalue weighted by Crippen LogP contribution is 2.38. The van der Waals surface area contributed by atoms with Crippen molar-refractivity contribution in [1.29, 1.82) is 0 Å². The summed E-state index contributed by atoms with van der Waals surface area (Å²) in [6.45, 7) is 5.88. The summed E-state index contributed by atoms with van der Waals surface area (Å²) in [5.74, 6) is -0.486. The first-order chi connectivity index (χ1) is 12.6. The van der Waals surface area contributed by atoms with Crippen LogP contribution in [0, 0.1) is 17.6 Å². The van der Waals surface area contributed by atoms with E-state index >= 15 is 0 Å². The summed E-state index contributed by atoms with van der Waals surface area (Å²) in [7, 11) is 0. The van der Waals surface area contributed by atoms with Crippen molar-refractivity contribution in [2.45, 2.75) is 44.9 Å². The number of allylic oxidation sites excluding steroid dienone is 1. The second-order valence-corrected chi connectivity index (χ2v) is 7.04. The van der Waals surface area contributed by atoms with Crippen molar-refractivity contribution in [2.24, 2.45) is 5.92 Å². The van der Waals surface area contributed by atoms with Crippen LogP contribution in [-0.4, -0.2) is 6.61 Å². The second-order valence-electron chi connectivity index (χ2n) is 7.04. The van der Waals surface area contributed by atoms with Gasteiger partial charge in [0.05, 0.1) is 6.61 Å². The topological polar surface area (TPSA) is 9.23 Å². The summed E-state index contributed by atoms with van der Waals surface area (Å²) in [5.41, 5.74) is 2.25. The lowest BCUT2D eigenvalue weighted by Gasteiger charge is -2.28. The van der Waals surface area contributed by atoms with Crippen LogP contribution >= 0.6 is 0 Å². The van der Waals surface area contributed by atoms with Crippen molar-refractivity contribution in [2.75, 3.05) is 6.61 Å². The minimum atomic E-state index is -0.922. The van der Waals surface area contributed by atoms with Crippen molar-refractivity contribution in [3.63, 3.8) is 0 Å². The van der Waals surface area contributed by atoms with Gasteiger partial charge in [-0.1, -0.05) is 30.3 Å². The minimum absolute atomic E-state index is 0.0401. The van der Waals surface area contributed by atoms with Crippen LogP contribution in [0.15, 0.2) is 49.1 Å². The number of hydrogen-bond acceptors (Lipinski definition) is 1. The Morgan fingerprint density at radius 3 is 2.31 bits per heavy atom. The molecule has 2 aromatic carbocycles. The Morgan fingerprint density at radius 1 is 1.00 bits per heavy atom. The number of ether oxygens (including phenoxy) is 1. The highest BCUT2D eigenvalue weighted by Gasteiger charge is 2.22. The second kappa shape index (κ2) is 8.48. The van der Waals surface area contributed by atoms with E-state index in [-0.39, 0.29) is 11.3 Å². The summed E-state index contributed by atoms with van der Waals surface area (Å²) >= 11 is 0. The Kier molecular flexibility index (Phi) is 6.08. The van der Waals surface area contributed by atoms with E-state index in [1.807, 2.05) is 18.2 Å². The lowest BCUT2D eigenvalue weighted by Crippen LogP contribution is -2.12. The zero-order chi connectivity index (χ0) is 18.5. The first kappa shape index (κ1) is 18.6. The normalized spacial score (nSPS) is 20.0. The molecule has 0 atom stereocenters. The summed E-state index contributed by atoms with van der Waals surface area (Å²) in [4.78, 5) is 0. The first-order valence-corrected chi connectivity index (χ1v) is 9.46. The molecule has 0 N–H and O–H groups in total. The van der Waals surface area contributed by atoms with E-state index in [0.29, 0.717) is 18.1 Å². The molecule has 0 radical (unpaired) electrons. The standard InChI is InChI=1S/C23H26F2O/c1-3-5-16-6-8-17(9-7-16)18-10-12-19(13-11-18)20-14-15-21(26-4-2)23(25)22(20)24/h3,10-17H,1,4-9H2,2H3. The zero-order valence-electron chi connectivity index (χ0n) is 15.3. The third kappa shape index (κ3) is 3.98. The van der Waals surface area contributed by atoms with Crippen LogP contribution in [0.5, 0.6) is 5.75 Å². The zero-order valence-corrected chi connectivity index (χ0v) is 15.3. The van der Waals surface area contributed by atoms with Crippen LogP contribution in [0.2, 0.25) is 0 Å². The van der Waals surface area contributed by atoms with Crippen molar-refractivity contribution in [1.82, 2.24) is 0 Å². The molecule has 1 aliphatic rings. The van der Waals surface area contributed by atoms with Crippen LogP contribution in [0.4, 0.5) is 8.78 Å². The van der Waals surface area contributed by atoms with Crippen LogP contribution in [-0.2, 0) is 0 Å². The van der Waals surface area contributed by atoms with Gasteiger partial charge in [0, 0.05) is 5.56 Å². The Labute approximate surface area is 154 Å². The molecule has 0 spiro atoms. The Morgan fingerprint density at radius 2 is 1.69 bits per heavy atom. The molecule has 0 saturated heterocycles. The van der Waals surface area contributed by atoms with E-state index in [2.05, 4.69) is 18.7 Å². The highest BCUT2D eigenvalue weighted by molar-refractivity contribution is 5.65. The summed E-state index contributed by atoms with van der Waals surface area (Å²) in [6.07, 6.45) is 7.96. The molecule has 2 aromatic rings. The van der Waals surface area contributed by atoms with Crippen molar-refractivity contribution in [3.05, 3.63) is 66.3 Å². The molecule has 1 saturated carbocycles. The van der Waals surface area contributed by atoms with Gasteiger partial charge in [-0.25, -0.2) is 4.39 Å². The van der Waals surface area contributed by atoms with Crippen LogP contribution in [0.1, 0.15) is 50.5 Å². The van der Waals surface area contributed by atoms with Gasteiger partial charge in [-0.15, -0.1) is 6.58 Å². The quantitative estimate of drug-likeness (QED) is 0.513. The van der Waals surface area contributed by atoms with Gasteiger partial charge in [-0.2, -0.15) is 4.39 Å². The number of halogens is 2. The molecule has 0 aromatic heterocycles. The Hall–Kier alpha value is -2.16. The van der Waals surface area contributed by atoms with Gasteiger partial charge in [-0.3, -0.25) is 0 Å². The lowest BCUT2D eigenvalue weighted by molar-refractivity contribution is 0.314. The Bertz CT molecular complexity index is 744. The van der Waals surface area contributed by atoms with Gasteiger partial charge < -0.3 is 4.74 Å². The molecule has 0 amide bonds. The average Bonchev–Trinajstić information content (AvgIpc) is 2.67. The molecule has 138 valence electrons. The molecule has 0 bridgehead atoms. The maximum atomic E-state index is 14.4. The van der Waals surface area contributed by atoms with Gasteiger partial charge in [0.2, 0.25) is 5.82 Å². The minimum Gasteiger partial charge on any atom is -0.491 e. The molecule has 1 fully saturated rings. The molecule has 0 aliphatic heterocycles. The fourth-order valence-electron chi connectivity index (χ4n) is 3.92. The molecule has 0 heterocycles. The fraction of sp³-hybridized carbons (Fsp3) is 0.391. The van der Waals surface area contributed by atoms with Crippen LogP contribution in [0.3, 0.4) is 0 Å². The van der Waals surface area contributed by atoms with E-state index < -0.39 is 11.6 Å². The molecule has 3 heteroatoms. The molecule has 26 heavy (non-hydrogen) atoms. The fourth-order valence-corrected chi connectivity index (χ4v) is 3.92. The number of benzene rings is 2. The number of rotatable bonds is 6. The molecule has 1 nitrogen and oxygen atoms in total. The van der Waals surface area contributed by atoms with Gasteiger partial charge >= 0.3 is 0 Å². The lowest BCUT2D eigenvalue weighted by atomic mass is 9.77. The van der Waals surface area contributed by atoms with Crippen molar-refractivity contribution < 1.29 is 13.5 Å². The van der Waals surface area contributed by atoms with Gasteiger partial charge in [0.25, 0.3) is 0 Å². The third-order valence-electron chi connectivity index (χ3n) is 5.39. The van der Waals surface area contributed by atoms with E-state index in [9.17, 15) is 8.78 Å². The van der Waals surface area contributed by atoms with E-state index in [1.54, 1.807) is 13.0 Å². The molecular formula is C23H26F2O. The number of hydrogen-bond donors (Lipinski definition) is 0. The summed E-state index contributed by atoms with van der Waals surface area (Å²) in [6, 6.07) is 11.0. The largest absolute Gasteiger partial charge is 0.491 e. The maximum Gasteiger partial charge on any atom is 0.201 e. The predicted molar refractivity (Wildman–Crippen MR) is 102 cm³/mol. The molecule has 3 rings (SSSR count). The Balaban J connectivity index is 1.74. The van der Waals surface area contributed by atoms with Crippen molar-refractivity contribution >= 4 is 0 Å². The van der Waals surface area contributed by atoms with Gasteiger partial charge in [0.15, 0.2) is 11.6 Å². The van der Waals surface area contributed by atoms with E-state index in [4.69, 9.17) is 4.74 Å². The van der Waals surface area contributed by atoms with Crippen molar-refractivity contribution in [3.8, 4) is 16.9 Å². The molecule has 0 unspecified atom stereocenters. The molecule has 1 aliphatic carbocycles. The van der Waals surface area contributed by atoms with E-state index in [1.165, 1.54) is 37.3 Å². The predicted octanol–water partition coefficient (Wildman–Crippen LogP) is 6.88. The average molecular weight is 356 g/mol. The van der Waals surface area contributed by atoms with Gasteiger partial charge in [0.1, 0.15) is 0 Å². The summed E-state index contributed by atoms with van der Waals surface area (Å²) < 4.78 is 33.6. The maximum absolute atomic E-state index is 14.4. The van der Waals surface area contributed by atoms with E-state index in [0.717, 1.165) is 12.3 Å². The first-order valence-electron chi connectivity index (χ1n) is 9.46. The van der Waals surface area contributed by atoms with Gasteiger partial charge in [-0.05, 0) is 74.1 Å². The SMILES string of the molecule is C=CCC1CCC(c2ccc(-c3ccc(OCC)c(F)c3F)cc2)CC1. The highest BCUT2D eigenvalue weighted by atomic mass is 19.2. The van der Waals surface area contributed by atoms with Crippen LogP contribution < -0.4 is 4.74 Å². The molecular weight excluding hydrogens is 330 g/mol. The summed E-state index contributed by atoms with van der Waals surface area (Å²) in [5, 5.41) is 0.